The lowest BCUT2D eigenvalue weighted by molar-refractivity contribution is 0.838. The van der Waals surface area contributed by atoms with E-state index < -0.39 is 0 Å². The number of rotatable bonds is 1. The molecular weight excluding hydrogens is 132 g/mol. The summed E-state index contributed by atoms with van der Waals surface area (Å²) in [6.45, 7) is 1.95. The van der Waals surface area contributed by atoms with Gasteiger partial charge in [0.1, 0.15) is 0 Å². The SMILES string of the molecule is CC(N)c1ccc(N)s1. The van der Waals surface area contributed by atoms with Crippen LogP contribution in [0.2, 0.25) is 0 Å². The number of hydrogen-bond donors (Lipinski definition) is 2. The third kappa shape index (κ3) is 1.43. The molecule has 0 saturated carbocycles. The summed E-state index contributed by atoms with van der Waals surface area (Å²) in [5, 5.41) is 0.835. The quantitative estimate of drug-likeness (QED) is 0.622. The second kappa shape index (κ2) is 2.37. The average Bonchev–Trinajstić information content (AvgIpc) is 2.14. The van der Waals surface area contributed by atoms with Gasteiger partial charge in [0.25, 0.3) is 0 Å². The van der Waals surface area contributed by atoms with Crippen LogP contribution < -0.4 is 11.5 Å². The fourth-order valence-corrected chi connectivity index (χ4v) is 1.34. The van der Waals surface area contributed by atoms with Crippen molar-refractivity contribution in [2.75, 3.05) is 5.73 Å². The van der Waals surface area contributed by atoms with Crippen LogP contribution in [0.5, 0.6) is 0 Å². The van der Waals surface area contributed by atoms with Crippen LogP contribution in [0.4, 0.5) is 5.00 Å². The van der Waals surface area contributed by atoms with Gasteiger partial charge in [-0.15, -0.1) is 11.3 Å². The number of nitrogens with two attached hydrogens (primary N) is 2. The summed E-state index contributed by atoms with van der Waals surface area (Å²) in [5.74, 6) is 0. The Hall–Kier alpha value is -0.540. The summed E-state index contributed by atoms with van der Waals surface area (Å²) in [7, 11) is 0. The van der Waals surface area contributed by atoms with Crippen molar-refractivity contribution in [2.24, 2.45) is 5.73 Å². The molecule has 0 saturated heterocycles. The molecular formula is C6H10N2S. The van der Waals surface area contributed by atoms with Gasteiger partial charge in [-0.05, 0) is 19.1 Å². The van der Waals surface area contributed by atoms with Crippen molar-refractivity contribution >= 4 is 16.3 Å². The van der Waals surface area contributed by atoms with E-state index in [-0.39, 0.29) is 6.04 Å². The molecule has 9 heavy (non-hydrogen) atoms. The van der Waals surface area contributed by atoms with Crippen molar-refractivity contribution in [1.82, 2.24) is 0 Å². The number of hydrogen-bond acceptors (Lipinski definition) is 3. The summed E-state index contributed by atoms with van der Waals surface area (Å²) in [5.41, 5.74) is 11.1. The van der Waals surface area contributed by atoms with Crippen molar-refractivity contribution in [2.45, 2.75) is 13.0 Å². The van der Waals surface area contributed by atoms with E-state index in [1.165, 1.54) is 0 Å². The van der Waals surface area contributed by atoms with Gasteiger partial charge in [-0.25, -0.2) is 0 Å². The first kappa shape index (κ1) is 6.58. The highest BCUT2D eigenvalue weighted by molar-refractivity contribution is 7.15. The van der Waals surface area contributed by atoms with Crippen molar-refractivity contribution in [3.8, 4) is 0 Å². The molecule has 4 N–H and O–H groups in total. The average molecular weight is 142 g/mol. The molecule has 0 aliphatic carbocycles. The minimum atomic E-state index is 0.118. The predicted octanol–water partition coefficient (Wildman–Crippen LogP) is 1.35. The van der Waals surface area contributed by atoms with E-state index in [0.29, 0.717) is 0 Å². The standard InChI is InChI=1S/C6H10N2S/c1-4(7)5-2-3-6(8)9-5/h2-4H,7-8H2,1H3. The second-order valence-electron chi connectivity index (χ2n) is 2.03. The molecule has 0 bridgehead atoms. The van der Waals surface area contributed by atoms with Gasteiger partial charge in [0.15, 0.2) is 0 Å². The number of anilines is 1. The molecule has 1 aromatic rings. The molecule has 0 aliphatic rings. The molecule has 0 spiro atoms. The zero-order valence-electron chi connectivity index (χ0n) is 5.29. The van der Waals surface area contributed by atoms with Gasteiger partial charge in [-0.1, -0.05) is 0 Å². The van der Waals surface area contributed by atoms with E-state index >= 15 is 0 Å². The van der Waals surface area contributed by atoms with Crippen LogP contribution in [0.25, 0.3) is 0 Å². The van der Waals surface area contributed by atoms with E-state index in [2.05, 4.69) is 0 Å². The molecule has 2 nitrogen and oxygen atoms in total. The van der Waals surface area contributed by atoms with Crippen LogP contribution in [-0.2, 0) is 0 Å². The highest BCUT2D eigenvalue weighted by atomic mass is 32.1. The van der Waals surface area contributed by atoms with E-state index in [1.807, 2.05) is 19.1 Å². The lowest BCUT2D eigenvalue weighted by Gasteiger charge is -1.96. The molecule has 1 unspecified atom stereocenters. The molecule has 0 radical (unpaired) electrons. The maximum absolute atomic E-state index is 5.58. The summed E-state index contributed by atoms with van der Waals surface area (Å²) < 4.78 is 0. The van der Waals surface area contributed by atoms with Gasteiger partial charge in [0.05, 0.1) is 5.00 Å². The first-order valence-electron chi connectivity index (χ1n) is 2.81. The third-order valence-corrected chi connectivity index (χ3v) is 2.21. The Bertz CT molecular complexity index is 193. The topological polar surface area (TPSA) is 52.0 Å². The highest BCUT2D eigenvalue weighted by Gasteiger charge is 1.99. The molecule has 1 rings (SSSR count). The highest BCUT2D eigenvalue weighted by Crippen LogP contribution is 2.22. The maximum Gasteiger partial charge on any atom is 0.0859 e. The van der Waals surface area contributed by atoms with E-state index in [0.717, 1.165) is 9.88 Å². The fraction of sp³-hybridized carbons (Fsp3) is 0.333. The molecule has 0 aliphatic heterocycles. The Labute approximate surface area is 58.5 Å². The molecule has 1 atom stereocenters. The summed E-state index contributed by atoms with van der Waals surface area (Å²) >= 11 is 1.55. The van der Waals surface area contributed by atoms with Crippen LogP contribution in [0.1, 0.15) is 17.8 Å². The minimum Gasteiger partial charge on any atom is -0.391 e. The Balaban J connectivity index is 2.85. The molecule has 3 heteroatoms. The van der Waals surface area contributed by atoms with Crippen molar-refractivity contribution in [3.05, 3.63) is 17.0 Å². The van der Waals surface area contributed by atoms with E-state index in [4.69, 9.17) is 11.5 Å². The fourth-order valence-electron chi connectivity index (χ4n) is 0.613. The molecule has 0 aromatic carbocycles. The number of nitrogen functional groups attached to an aromatic ring is 1. The lowest BCUT2D eigenvalue weighted by Crippen LogP contribution is -2.01. The Morgan fingerprint density at radius 2 is 2.22 bits per heavy atom. The Morgan fingerprint density at radius 1 is 1.56 bits per heavy atom. The normalized spacial score (nSPS) is 13.6. The van der Waals surface area contributed by atoms with Crippen LogP contribution >= 0.6 is 11.3 Å². The van der Waals surface area contributed by atoms with Crippen LogP contribution in [0.3, 0.4) is 0 Å². The third-order valence-electron chi connectivity index (χ3n) is 1.10. The zero-order valence-corrected chi connectivity index (χ0v) is 6.11. The monoisotopic (exact) mass is 142 g/mol. The van der Waals surface area contributed by atoms with Gasteiger partial charge >= 0.3 is 0 Å². The van der Waals surface area contributed by atoms with E-state index in [1.54, 1.807) is 11.3 Å². The van der Waals surface area contributed by atoms with Gasteiger partial charge in [-0.2, -0.15) is 0 Å². The molecule has 50 valence electrons. The number of thiophene rings is 1. The van der Waals surface area contributed by atoms with Crippen molar-refractivity contribution in [1.29, 1.82) is 0 Å². The van der Waals surface area contributed by atoms with E-state index in [9.17, 15) is 0 Å². The van der Waals surface area contributed by atoms with Gasteiger partial charge in [-0.3, -0.25) is 0 Å². The second-order valence-corrected chi connectivity index (χ2v) is 3.18. The van der Waals surface area contributed by atoms with Crippen LogP contribution in [0.15, 0.2) is 12.1 Å². The van der Waals surface area contributed by atoms with Gasteiger partial charge in [0.2, 0.25) is 0 Å². The molecule has 1 aromatic heterocycles. The minimum absolute atomic E-state index is 0.118. The lowest BCUT2D eigenvalue weighted by atomic mass is 10.3. The summed E-state index contributed by atoms with van der Waals surface area (Å²) in [6.07, 6.45) is 0. The Kier molecular flexibility index (Phi) is 1.73. The first-order valence-corrected chi connectivity index (χ1v) is 3.62. The predicted molar refractivity (Wildman–Crippen MR) is 41.3 cm³/mol. The van der Waals surface area contributed by atoms with Gasteiger partial charge in [0, 0.05) is 10.9 Å². The molecule has 0 fully saturated rings. The molecule has 0 amide bonds. The zero-order chi connectivity index (χ0) is 6.85. The smallest absolute Gasteiger partial charge is 0.0859 e. The Morgan fingerprint density at radius 3 is 2.44 bits per heavy atom. The molecule has 1 heterocycles. The van der Waals surface area contributed by atoms with Crippen LogP contribution in [-0.4, -0.2) is 0 Å². The summed E-state index contributed by atoms with van der Waals surface area (Å²) in [6, 6.07) is 3.96. The van der Waals surface area contributed by atoms with Crippen molar-refractivity contribution < 1.29 is 0 Å². The first-order chi connectivity index (χ1) is 4.20. The van der Waals surface area contributed by atoms with Crippen molar-refractivity contribution in [3.63, 3.8) is 0 Å². The largest absolute Gasteiger partial charge is 0.391 e. The van der Waals surface area contributed by atoms with Gasteiger partial charge < -0.3 is 11.5 Å². The van der Waals surface area contributed by atoms with Crippen LogP contribution in [0, 0.1) is 0 Å². The maximum atomic E-state index is 5.58. The summed E-state index contributed by atoms with van der Waals surface area (Å²) in [4.78, 5) is 1.15.